The van der Waals surface area contributed by atoms with E-state index < -0.39 is 6.10 Å². The molecule has 3 heteroatoms. The highest BCUT2D eigenvalue weighted by Gasteiger charge is 2.10. The summed E-state index contributed by atoms with van der Waals surface area (Å²) in [6, 6.07) is 9.02. The van der Waals surface area contributed by atoms with Crippen molar-refractivity contribution in [2.75, 3.05) is 0 Å². The van der Waals surface area contributed by atoms with E-state index in [-0.39, 0.29) is 5.76 Å². The number of furan rings is 1. The highest BCUT2D eigenvalue weighted by molar-refractivity contribution is 5.78. The largest absolute Gasteiger partial charge is 0.458 e. The molecule has 0 saturated heterocycles. The fourth-order valence-electron chi connectivity index (χ4n) is 1.22. The number of rotatable bonds is 2. The second-order valence-corrected chi connectivity index (χ2v) is 2.77. The number of hydrogen-bond donors (Lipinski definition) is 1. The topological polar surface area (TPSA) is 50.4 Å². The normalized spacial score (nSPS) is 11.7. The van der Waals surface area contributed by atoms with Crippen LogP contribution in [-0.2, 0) is 4.79 Å². The molecule has 15 heavy (non-hydrogen) atoms. The highest BCUT2D eigenvalue weighted by Crippen LogP contribution is 2.22. The molecule has 1 unspecified atom stereocenters. The number of carbonyl (C=O) groups is 1. The van der Waals surface area contributed by atoms with Crippen molar-refractivity contribution in [2.45, 2.75) is 20.0 Å². The zero-order valence-corrected chi connectivity index (χ0v) is 8.81. The van der Waals surface area contributed by atoms with Crippen LogP contribution in [0.25, 0.3) is 11.0 Å². The lowest BCUT2D eigenvalue weighted by molar-refractivity contribution is -0.115. The molecule has 0 radical (unpaired) electrons. The number of aldehydes is 1. The van der Waals surface area contributed by atoms with E-state index in [1.807, 2.05) is 32.0 Å². The molecule has 0 fully saturated rings. The molecule has 0 amide bonds. The van der Waals surface area contributed by atoms with E-state index in [9.17, 15) is 4.79 Å². The number of fused-ring (bicyclic) bond motifs is 1. The van der Waals surface area contributed by atoms with Crippen LogP contribution in [0.3, 0.4) is 0 Å². The monoisotopic (exact) mass is 206 g/mol. The van der Waals surface area contributed by atoms with Crippen molar-refractivity contribution in [1.29, 1.82) is 0 Å². The van der Waals surface area contributed by atoms with Crippen molar-refractivity contribution in [3.8, 4) is 0 Å². The molecule has 2 rings (SSSR count). The van der Waals surface area contributed by atoms with Crippen LogP contribution in [0.1, 0.15) is 25.7 Å². The fraction of sp³-hybridized carbons (Fsp3) is 0.250. The number of aliphatic hydroxyl groups is 1. The maximum absolute atomic E-state index is 10.3. The number of aliphatic hydroxyl groups excluding tert-OH is 1. The van der Waals surface area contributed by atoms with Crippen LogP contribution in [0.15, 0.2) is 34.7 Å². The summed E-state index contributed by atoms with van der Waals surface area (Å²) in [4.78, 5) is 10.3. The molecule has 1 N–H and O–H groups in total. The van der Waals surface area contributed by atoms with Gasteiger partial charge in [0.1, 0.15) is 11.3 Å². The summed E-state index contributed by atoms with van der Waals surface area (Å²) in [5, 5.41) is 10.1. The number of benzene rings is 1. The molecule has 0 aliphatic rings. The van der Waals surface area contributed by atoms with Gasteiger partial charge < -0.3 is 9.52 Å². The smallest absolute Gasteiger partial charge is 0.167 e. The average Bonchev–Trinajstić information content (AvgIpc) is 2.74. The third-order valence-corrected chi connectivity index (χ3v) is 1.86. The SMILES string of the molecule is CC.O=CC(O)c1cc2ccccc2o1. The molecule has 1 aromatic heterocycles. The van der Waals surface area contributed by atoms with Crippen LogP contribution >= 0.6 is 0 Å². The van der Waals surface area contributed by atoms with Crippen LogP contribution in [0.5, 0.6) is 0 Å². The average molecular weight is 206 g/mol. The van der Waals surface area contributed by atoms with Crippen LogP contribution < -0.4 is 0 Å². The van der Waals surface area contributed by atoms with Gasteiger partial charge >= 0.3 is 0 Å². The lowest BCUT2D eigenvalue weighted by atomic mass is 10.2. The van der Waals surface area contributed by atoms with Crippen molar-refractivity contribution in [3.63, 3.8) is 0 Å². The van der Waals surface area contributed by atoms with Gasteiger partial charge in [0.15, 0.2) is 12.4 Å². The Labute approximate surface area is 88.3 Å². The van der Waals surface area contributed by atoms with Gasteiger partial charge in [0.2, 0.25) is 0 Å². The van der Waals surface area contributed by atoms with Crippen molar-refractivity contribution >= 4 is 17.3 Å². The summed E-state index contributed by atoms with van der Waals surface area (Å²) in [5.41, 5.74) is 0.679. The summed E-state index contributed by atoms with van der Waals surface area (Å²) >= 11 is 0. The Morgan fingerprint density at radius 2 is 2.00 bits per heavy atom. The zero-order valence-electron chi connectivity index (χ0n) is 8.81. The molecule has 0 bridgehead atoms. The van der Waals surface area contributed by atoms with Crippen molar-refractivity contribution in [3.05, 3.63) is 36.1 Å². The Morgan fingerprint density at radius 1 is 1.33 bits per heavy atom. The van der Waals surface area contributed by atoms with E-state index in [1.54, 1.807) is 12.1 Å². The number of para-hydroxylation sites is 1. The van der Waals surface area contributed by atoms with Gasteiger partial charge in [-0.3, -0.25) is 4.79 Å². The lowest BCUT2D eigenvalue weighted by Gasteiger charge is -1.94. The van der Waals surface area contributed by atoms with E-state index in [0.717, 1.165) is 5.39 Å². The number of carbonyl (C=O) groups excluding carboxylic acids is 1. The Morgan fingerprint density at radius 3 is 2.60 bits per heavy atom. The molecule has 0 saturated carbocycles. The van der Waals surface area contributed by atoms with Gasteiger partial charge in [-0.1, -0.05) is 32.0 Å². The van der Waals surface area contributed by atoms with E-state index in [1.165, 1.54) is 0 Å². The summed E-state index contributed by atoms with van der Waals surface area (Å²) in [6.07, 6.45) is -0.718. The van der Waals surface area contributed by atoms with Crippen molar-refractivity contribution in [2.24, 2.45) is 0 Å². The summed E-state index contributed by atoms with van der Waals surface area (Å²) in [5.74, 6) is 0.288. The molecule has 0 spiro atoms. The van der Waals surface area contributed by atoms with Gasteiger partial charge in [0, 0.05) is 5.39 Å². The quantitative estimate of drug-likeness (QED) is 0.768. The molecule has 0 aliphatic carbocycles. The van der Waals surface area contributed by atoms with Gasteiger partial charge in [-0.05, 0) is 12.1 Å². The van der Waals surface area contributed by atoms with Gasteiger partial charge in [-0.2, -0.15) is 0 Å². The van der Waals surface area contributed by atoms with Crippen LogP contribution in [0.2, 0.25) is 0 Å². The van der Waals surface area contributed by atoms with Crippen LogP contribution in [-0.4, -0.2) is 11.4 Å². The minimum Gasteiger partial charge on any atom is -0.458 e. The Bertz CT molecular complexity index is 398. The minimum atomic E-state index is -1.16. The molecule has 2 aromatic rings. The van der Waals surface area contributed by atoms with Crippen LogP contribution in [0.4, 0.5) is 0 Å². The van der Waals surface area contributed by atoms with E-state index >= 15 is 0 Å². The molecule has 1 heterocycles. The second-order valence-electron chi connectivity index (χ2n) is 2.77. The zero-order chi connectivity index (χ0) is 11.3. The maximum Gasteiger partial charge on any atom is 0.167 e. The molecule has 3 nitrogen and oxygen atoms in total. The molecule has 80 valence electrons. The molecular weight excluding hydrogens is 192 g/mol. The predicted octanol–water partition coefficient (Wildman–Crippen LogP) is 2.69. The first-order chi connectivity index (χ1) is 7.31. The summed E-state index contributed by atoms with van der Waals surface area (Å²) < 4.78 is 5.24. The molecule has 1 atom stereocenters. The first kappa shape index (κ1) is 11.5. The Kier molecular flexibility index (Phi) is 4.06. The molecule has 0 aliphatic heterocycles. The van der Waals surface area contributed by atoms with E-state index in [4.69, 9.17) is 9.52 Å². The maximum atomic E-state index is 10.3. The Hall–Kier alpha value is -1.61. The predicted molar refractivity (Wildman–Crippen MR) is 58.6 cm³/mol. The van der Waals surface area contributed by atoms with E-state index in [2.05, 4.69) is 0 Å². The van der Waals surface area contributed by atoms with Crippen LogP contribution in [0, 0.1) is 0 Å². The minimum absolute atomic E-state index is 0.288. The molecule has 1 aromatic carbocycles. The number of hydrogen-bond acceptors (Lipinski definition) is 3. The molecular formula is C12H14O3. The summed E-state index contributed by atoms with van der Waals surface area (Å²) in [6.45, 7) is 4.00. The van der Waals surface area contributed by atoms with Gasteiger partial charge in [-0.15, -0.1) is 0 Å². The summed E-state index contributed by atoms with van der Waals surface area (Å²) in [7, 11) is 0. The first-order valence-electron chi connectivity index (χ1n) is 4.93. The highest BCUT2D eigenvalue weighted by atomic mass is 16.4. The third kappa shape index (κ3) is 2.44. The van der Waals surface area contributed by atoms with Gasteiger partial charge in [0.25, 0.3) is 0 Å². The van der Waals surface area contributed by atoms with Gasteiger partial charge in [0.05, 0.1) is 0 Å². The van der Waals surface area contributed by atoms with Gasteiger partial charge in [-0.25, -0.2) is 0 Å². The lowest BCUT2D eigenvalue weighted by Crippen LogP contribution is -1.94. The van der Waals surface area contributed by atoms with Crippen molar-refractivity contribution in [1.82, 2.24) is 0 Å². The Balaban J connectivity index is 0.000000531. The second kappa shape index (κ2) is 5.32. The van der Waals surface area contributed by atoms with Crippen molar-refractivity contribution < 1.29 is 14.3 Å². The first-order valence-corrected chi connectivity index (χ1v) is 4.93. The third-order valence-electron chi connectivity index (χ3n) is 1.86. The fourth-order valence-corrected chi connectivity index (χ4v) is 1.22. The van der Waals surface area contributed by atoms with E-state index in [0.29, 0.717) is 11.9 Å². The standard InChI is InChI=1S/C10H8O3.C2H6/c11-6-8(12)10-5-7-3-1-2-4-9(7)13-10;1-2/h1-6,8,12H;1-2H3.